The van der Waals surface area contributed by atoms with Crippen LogP contribution in [0.2, 0.25) is 0 Å². The second-order valence-corrected chi connectivity index (χ2v) is 7.89. The highest BCUT2D eigenvalue weighted by Gasteiger charge is 2.56. The van der Waals surface area contributed by atoms with Crippen molar-refractivity contribution in [1.82, 2.24) is 10.2 Å². The molecular formula is C19H20ClF3N2. The number of alkyl halides is 3. The lowest BCUT2D eigenvalue weighted by Crippen LogP contribution is -2.54. The molecule has 0 spiro atoms. The number of halogens is 4. The van der Waals surface area contributed by atoms with Crippen LogP contribution >= 0.6 is 11.6 Å². The Hall–Kier alpha value is -1.46. The van der Waals surface area contributed by atoms with E-state index < -0.39 is 11.7 Å². The first-order chi connectivity index (χ1) is 11.8. The summed E-state index contributed by atoms with van der Waals surface area (Å²) < 4.78 is 39.2. The van der Waals surface area contributed by atoms with Crippen LogP contribution in [-0.2, 0) is 0 Å². The first kappa shape index (κ1) is 17.0. The number of hydrogen-bond acceptors (Lipinski definition) is 2. The topological polar surface area (TPSA) is 15.3 Å². The lowest BCUT2D eigenvalue weighted by Gasteiger charge is -2.49. The number of benzene rings is 1. The van der Waals surface area contributed by atoms with E-state index in [0.717, 1.165) is 36.6 Å². The fraction of sp³-hybridized carbons (Fsp3) is 0.474. The highest BCUT2D eigenvalue weighted by molar-refractivity contribution is 6.30. The second-order valence-electron chi connectivity index (χ2n) is 7.43. The van der Waals surface area contributed by atoms with Crippen LogP contribution in [0, 0.1) is 12.8 Å². The monoisotopic (exact) mass is 368 g/mol. The van der Waals surface area contributed by atoms with E-state index >= 15 is 0 Å². The first-order valence-corrected chi connectivity index (χ1v) is 8.88. The summed E-state index contributed by atoms with van der Waals surface area (Å²) in [6.07, 6.45) is 0.372. The van der Waals surface area contributed by atoms with Crippen LogP contribution in [0.15, 0.2) is 47.1 Å². The molecule has 4 aliphatic rings. The van der Waals surface area contributed by atoms with Gasteiger partial charge in [-0.3, -0.25) is 0 Å². The average molecular weight is 369 g/mol. The Morgan fingerprint density at radius 1 is 1.32 bits per heavy atom. The fourth-order valence-electron chi connectivity index (χ4n) is 4.58. The Labute approximate surface area is 150 Å². The maximum atomic E-state index is 13.1. The molecule has 1 aromatic carbocycles. The van der Waals surface area contributed by atoms with Gasteiger partial charge in [0.15, 0.2) is 0 Å². The quantitative estimate of drug-likeness (QED) is 0.833. The summed E-state index contributed by atoms with van der Waals surface area (Å²) in [5.74, 6) is 0.679. The van der Waals surface area contributed by atoms with E-state index in [0.29, 0.717) is 5.92 Å². The van der Waals surface area contributed by atoms with Crippen LogP contribution in [-0.4, -0.2) is 29.7 Å². The maximum absolute atomic E-state index is 13.1. The molecule has 1 atom stereocenters. The van der Waals surface area contributed by atoms with Crippen molar-refractivity contribution in [3.05, 3.63) is 58.3 Å². The summed E-state index contributed by atoms with van der Waals surface area (Å²) in [5, 5.41) is 3.48. The van der Waals surface area contributed by atoms with Crippen molar-refractivity contribution in [2.75, 3.05) is 13.1 Å². The molecule has 0 amide bonds. The molecule has 1 N–H and O–H groups in total. The number of allylic oxidation sites excluding steroid dienone is 2. The van der Waals surface area contributed by atoms with Crippen molar-refractivity contribution < 1.29 is 13.2 Å². The normalized spacial score (nSPS) is 29.8. The number of rotatable bonds is 3. The van der Waals surface area contributed by atoms with E-state index in [-0.39, 0.29) is 23.2 Å². The van der Waals surface area contributed by atoms with Crippen molar-refractivity contribution >= 4 is 11.6 Å². The zero-order valence-corrected chi connectivity index (χ0v) is 14.7. The van der Waals surface area contributed by atoms with Gasteiger partial charge < -0.3 is 10.2 Å². The molecule has 1 unspecified atom stereocenters. The Bertz CT molecular complexity index is 742. The summed E-state index contributed by atoms with van der Waals surface area (Å²) in [6.45, 7) is 3.10. The lowest BCUT2D eigenvalue weighted by atomic mass is 9.67. The largest absolute Gasteiger partial charge is 0.417 e. The SMILES string of the molecule is Cc1cccc(C(N2C=CC(C(F)(F)F)=C(Cl)C2)C23CC(CN2)C3)c1. The molecular weight excluding hydrogens is 349 g/mol. The molecule has 0 aromatic heterocycles. The van der Waals surface area contributed by atoms with Crippen molar-refractivity contribution in [2.24, 2.45) is 5.92 Å². The smallest absolute Gasteiger partial charge is 0.363 e. The van der Waals surface area contributed by atoms with E-state index in [1.807, 2.05) is 24.0 Å². The first-order valence-electron chi connectivity index (χ1n) is 8.50. The molecule has 1 saturated carbocycles. The van der Waals surface area contributed by atoms with Crippen LogP contribution in [0.4, 0.5) is 13.2 Å². The van der Waals surface area contributed by atoms with Crippen molar-refractivity contribution in [3.63, 3.8) is 0 Å². The van der Waals surface area contributed by atoms with Crippen molar-refractivity contribution in [3.8, 4) is 0 Å². The predicted molar refractivity (Wildman–Crippen MR) is 92.2 cm³/mol. The summed E-state index contributed by atoms with van der Waals surface area (Å²) in [5.41, 5.74) is 1.45. The van der Waals surface area contributed by atoms with E-state index in [1.54, 1.807) is 6.20 Å². The molecule has 2 saturated heterocycles. The highest BCUT2D eigenvalue weighted by atomic mass is 35.5. The molecule has 2 bridgehead atoms. The van der Waals surface area contributed by atoms with Gasteiger partial charge in [0, 0.05) is 16.8 Å². The molecule has 2 nitrogen and oxygen atoms in total. The number of nitrogens with zero attached hydrogens (tertiary/aromatic N) is 1. The zero-order chi connectivity index (χ0) is 17.8. The van der Waals surface area contributed by atoms with Crippen LogP contribution in [0.1, 0.15) is 30.0 Å². The molecule has 6 heteroatoms. The summed E-state index contributed by atoms with van der Waals surface area (Å²) in [4.78, 5) is 1.96. The Balaban J connectivity index is 1.69. The Morgan fingerprint density at radius 3 is 2.64 bits per heavy atom. The summed E-state index contributed by atoms with van der Waals surface area (Å²) >= 11 is 6.04. The van der Waals surface area contributed by atoms with Gasteiger partial charge in [-0.25, -0.2) is 0 Å². The van der Waals surface area contributed by atoms with E-state index in [4.69, 9.17) is 11.6 Å². The molecule has 1 aromatic rings. The van der Waals surface area contributed by atoms with Crippen LogP contribution in [0.25, 0.3) is 0 Å². The van der Waals surface area contributed by atoms with Gasteiger partial charge in [0.25, 0.3) is 0 Å². The van der Waals surface area contributed by atoms with Gasteiger partial charge in [0.1, 0.15) is 0 Å². The van der Waals surface area contributed by atoms with Gasteiger partial charge in [-0.1, -0.05) is 41.4 Å². The Morgan fingerprint density at radius 2 is 2.08 bits per heavy atom. The minimum Gasteiger partial charge on any atom is -0.363 e. The number of nitrogens with one attached hydrogen (secondary N) is 1. The standard InChI is InChI=1S/C19H20ClF3N2/c1-12-3-2-4-14(7-12)17(18-8-13(9-18)10-24-18)25-6-5-15(16(20)11-25)19(21,22)23/h2-7,13,17,24H,8-11H2,1H3. The maximum Gasteiger partial charge on any atom is 0.417 e. The molecule has 3 heterocycles. The number of fused-ring (bicyclic) bond motifs is 1. The fourth-order valence-corrected chi connectivity index (χ4v) is 4.89. The minimum absolute atomic E-state index is 0.0223. The van der Waals surface area contributed by atoms with Crippen LogP contribution in [0.5, 0.6) is 0 Å². The third-order valence-corrected chi connectivity index (χ3v) is 5.94. The number of hydrogen-bond donors (Lipinski definition) is 1. The number of aryl methyl sites for hydroxylation is 1. The Kier molecular flexibility index (Phi) is 3.92. The summed E-state index contributed by atoms with van der Waals surface area (Å²) in [7, 11) is 0. The third-order valence-electron chi connectivity index (χ3n) is 5.61. The molecule has 1 aliphatic carbocycles. The van der Waals surface area contributed by atoms with E-state index in [9.17, 15) is 13.2 Å². The lowest BCUT2D eigenvalue weighted by molar-refractivity contribution is -0.0894. The molecule has 3 aliphatic heterocycles. The van der Waals surface area contributed by atoms with Crippen LogP contribution < -0.4 is 5.32 Å². The van der Waals surface area contributed by atoms with Gasteiger partial charge in [-0.2, -0.15) is 13.2 Å². The van der Waals surface area contributed by atoms with E-state index in [2.05, 4.69) is 17.4 Å². The third kappa shape index (κ3) is 2.87. The van der Waals surface area contributed by atoms with E-state index in [1.165, 1.54) is 0 Å². The average Bonchev–Trinajstić information content (AvgIpc) is 3.07. The summed E-state index contributed by atoms with van der Waals surface area (Å²) in [6, 6.07) is 8.20. The molecule has 25 heavy (non-hydrogen) atoms. The molecule has 0 radical (unpaired) electrons. The second kappa shape index (κ2) is 5.78. The van der Waals surface area contributed by atoms with Gasteiger partial charge in [-0.05, 0) is 43.9 Å². The van der Waals surface area contributed by atoms with Gasteiger partial charge >= 0.3 is 6.18 Å². The van der Waals surface area contributed by atoms with Crippen molar-refractivity contribution in [1.29, 1.82) is 0 Å². The van der Waals surface area contributed by atoms with Gasteiger partial charge in [0.2, 0.25) is 0 Å². The van der Waals surface area contributed by atoms with Crippen molar-refractivity contribution in [2.45, 2.75) is 37.5 Å². The molecule has 5 rings (SSSR count). The predicted octanol–water partition coefficient (Wildman–Crippen LogP) is 4.67. The van der Waals surface area contributed by atoms with Crippen LogP contribution in [0.3, 0.4) is 0 Å². The highest BCUT2D eigenvalue weighted by Crippen LogP contribution is 2.53. The molecule has 3 fully saturated rings. The van der Waals surface area contributed by atoms with Gasteiger partial charge in [0.05, 0.1) is 18.2 Å². The zero-order valence-electron chi connectivity index (χ0n) is 13.9. The molecule has 134 valence electrons. The minimum atomic E-state index is -4.41. The van der Waals surface area contributed by atoms with Gasteiger partial charge in [-0.15, -0.1) is 0 Å².